The summed E-state index contributed by atoms with van der Waals surface area (Å²) in [5, 5.41) is 2.47. The van der Waals surface area contributed by atoms with E-state index in [-0.39, 0.29) is 35.1 Å². The van der Waals surface area contributed by atoms with Gasteiger partial charge in [-0.1, -0.05) is 266 Å². The predicted octanol–water partition coefficient (Wildman–Crippen LogP) is 21.3. The first kappa shape index (κ1) is 61.1. The highest BCUT2D eigenvalue weighted by molar-refractivity contribution is 7.02. The van der Waals surface area contributed by atoms with Crippen molar-refractivity contribution in [2.75, 3.05) is 4.90 Å². The molecule has 2 aliphatic carbocycles. The Morgan fingerprint density at radius 2 is 0.714 bits per heavy atom. The highest BCUT2D eigenvalue weighted by Crippen LogP contribution is 2.53. The standard InChI is InChI=1S/C92H88B2N2O2/c1-89(2,3)67-35-21-57(22-36-67)58-29-43-71(44-30-58)95-79-46-32-63(60-25-39-69(40-26-60)91(7,8)9)51-74(79)93-75-52-64(55-17-13-14-18-55)33-47-80(75)98-88-82(93)85(95)87-83-86(88)96-78-45-31-62(59-23-37-68(38-24-59)90(4,5)6)49-72(78)73-50-66(61-27-41-70(42-28-61)92(10,11)12)54-77(84(73)96)94(83)76-53-65(34-48-81(76)97-87)56-19-15-16-20-56/h21-56H,13-20H2,1-12H3. The lowest BCUT2D eigenvalue weighted by atomic mass is 9.31. The van der Waals surface area contributed by atoms with Crippen LogP contribution in [-0.4, -0.2) is 18.0 Å². The lowest BCUT2D eigenvalue weighted by molar-refractivity contribution is 0.474. The Hall–Kier alpha value is -9.25. The number of ether oxygens (including phenoxy) is 2. The van der Waals surface area contributed by atoms with E-state index in [1.165, 1.54) is 167 Å². The SMILES string of the molecule is CC(C)(C)c1ccc(-c2ccc(N3c4ccc(-c5ccc(C(C)(C)C)cc5)cc4B4c5cc(C6CCCC6)ccc5Oc5c4c3c3c4c5-n5c6ccc(-c7ccc(C(C)(C)C)cc7)cc6c6cc(-c7ccc(C(C)(C)C)cc7)cc(c65)B4c4cc(C5CCCC5)ccc4O3)cc2)cc1. The first-order valence-corrected chi connectivity index (χ1v) is 36.6. The van der Waals surface area contributed by atoms with Gasteiger partial charge in [-0.05, 0) is 207 Å². The van der Waals surface area contributed by atoms with Gasteiger partial charge in [-0.3, -0.25) is 0 Å². The Balaban J connectivity index is 0.956. The zero-order valence-corrected chi connectivity index (χ0v) is 59.3. The maximum Gasteiger partial charge on any atom is 0.256 e. The van der Waals surface area contributed by atoms with Gasteiger partial charge in [0.05, 0.1) is 16.9 Å². The molecule has 2 fully saturated rings. The lowest BCUT2D eigenvalue weighted by Gasteiger charge is -2.45. The number of hydrogen-bond acceptors (Lipinski definition) is 3. The van der Waals surface area contributed by atoms with E-state index >= 15 is 0 Å². The van der Waals surface area contributed by atoms with Crippen molar-refractivity contribution in [3.63, 3.8) is 0 Å². The molecular formula is C92H88B2N2O2. The molecular weight excluding hydrogens is 1190 g/mol. The zero-order valence-electron chi connectivity index (χ0n) is 59.3. The molecule has 5 heterocycles. The lowest BCUT2D eigenvalue weighted by Crippen LogP contribution is -2.63. The Kier molecular flexibility index (Phi) is 13.8. The van der Waals surface area contributed by atoms with Crippen LogP contribution in [0.25, 0.3) is 72.0 Å². The van der Waals surface area contributed by atoms with Crippen molar-refractivity contribution < 1.29 is 9.47 Å². The summed E-state index contributed by atoms with van der Waals surface area (Å²) in [4.78, 5) is 2.58. The van der Waals surface area contributed by atoms with E-state index in [0.29, 0.717) is 11.8 Å². The molecule has 98 heavy (non-hydrogen) atoms. The van der Waals surface area contributed by atoms with Crippen LogP contribution in [0.3, 0.4) is 0 Å². The highest BCUT2D eigenvalue weighted by Gasteiger charge is 2.52. The van der Waals surface area contributed by atoms with E-state index in [9.17, 15) is 0 Å². The summed E-state index contributed by atoms with van der Waals surface area (Å²) in [5.74, 6) is 4.68. The number of nitrogens with zero attached hydrogens (tertiary/aromatic N) is 2. The summed E-state index contributed by atoms with van der Waals surface area (Å²) >= 11 is 0. The molecule has 0 radical (unpaired) electrons. The van der Waals surface area contributed by atoms with Crippen molar-refractivity contribution in [2.45, 2.75) is 168 Å². The molecule has 4 aliphatic heterocycles. The van der Waals surface area contributed by atoms with E-state index in [1.54, 1.807) is 0 Å². The van der Waals surface area contributed by atoms with Crippen LogP contribution in [0.15, 0.2) is 206 Å². The zero-order chi connectivity index (χ0) is 67.1. The summed E-state index contributed by atoms with van der Waals surface area (Å²) in [7, 11) is 0. The van der Waals surface area contributed by atoms with Gasteiger partial charge in [0, 0.05) is 38.6 Å². The van der Waals surface area contributed by atoms with Crippen LogP contribution in [-0.2, 0) is 21.7 Å². The Morgan fingerprint density at radius 1 is 0.337 bits per heavy atom. The number of benzene rings is 11. The molecule has 6 heteroatoms. The fourth-order valence-corrected chi connectivity index (χ4v) is 17.9. The third kappa shape index (κ3) is 9.83. The van der Waals surface area contributed by atoms with Crippen LogP contribution in [0.5, 0.6) is 23.0 Å². The minimum atomic E-state index is -0.211. The Morgan fingerprint density at radius 3 is 1.19 bits per heavy atom. The van der Waals surface area contributed by atoms with Crippen LogP contribution in [0.2, 0.25) is 0 Å². The second-order valence-electron chi connectivity index (χ2n) is 33.8. The van der Waals surface area contributed by atoms with Gasteiger partial charge in [-0.15, -0.1) is 0 Å². The Labute approximate surface area is 581 Å². The molecule has 18 rings (SSSR count). The summed E-state index contributed by atoms with van der Waals surface area (Å²) < 4.78 is 18.8. The van der Waals surface area contributed by atoms with Gasteiger partial charge in [0.1, 0.15) is 23.0 Å². The van der Waals surface area contributed by atoms with Gasteiger partial charge < -0.3 is 18.9 Å². The van der Waals surface area contributed by atoms with Gasteiger partial charge in [0.25, 0.3) is 13.4 Å². The molecule has 12 aromatic rings. The predicted molar refractivity (Wildman–Crippen MR) is 417 cm³/mol. The number of hydrogen-bond donors (Lipinski definition) is 0. The third-order valence-electron chi connectivity index (χ3n) is 23.5. The smallest absolute Gasteiger partial charge is 0.256 e. The van der Waals surface area contributed by atoms with Gasteiger partial charge >= 0.3 is 0 Å². The minimum absolute atomic E-state index is 0.0149. The van der Waals surface area contributed by atoms with Gasteiger partial charge in [-0.2, -0.15) is 0 Å². The molecule has 0 spiro atoms. The monoisotopic (exact) mass is 1270 g/mol. The fraction of sp³-hybridized carbons (Fsp3) is 0.283. The fourth-order valence-electron chi connectivity index (χ4n) is 17.9. The largest absolute Gasteiger partial charge is 0.456 e. The molecule has 4 nitrogen and oxygen atoms in total. The average Bonchev–Trinajstić information content (AvgIpc) is 0.992. The van der Waals surface area contributed by atoms with E-state index in [2.05, 4.69) is 299 Å². The summed E-state index contributed by atoms with van der Waals surface area (Å²) in [6.07, 6.45) is 9.89. The van der Waals surface area contributed by atoms with Crippen molar-refractivity contribution in [3.8, 4) is 73.2 Å². The van der Waals surface area contributed by atoms with E-state index in [0.717, 1.165) is 62.2 Å². The number of anilines is 3. The first-order valence-electron chi connectivity index (χ1n) is 36.6. The topological polar surface area (TPSA) is 26.6 Å². The van der Waals surface area contributed by atoms with Crippen LogP contribution >= 0.6 is 0 Å². The highest BCUT2D eigenvalue weighted by atomic mass is 16.5. The van der Waals surface area contributed by atoms with Crippen LogP contribution in [0, 0.1) is 0 Å². The molecule has 11 aromatic carbocycles. The van der Waals surface area contributed by atoms with E-state index < -0.39 is 0 Å². The van der Waals surface area contributed by atoms with Crippen molar-refractivity contribution >= 4 is 85.1 Å². The second kappa shape index (κ2) is 22.1. The molecule has 0 unspecified atom stereocenters. The van der Waals surface area contributed by atoms with Crippen LogP contribution < -0.4 is 47.2 Å². The summed E-state index contributed by atoms with van der Waals surface area (Å²) in [6.45, 7) is 27.2. The second-order valence-corrected chi connectivity index (χ2v) is 33.8. The van der Waals surface area contributed by atoms with Gasteiger partial charge in [0.2, 0.25) is 0 Å². The van der Waals surface area contributed by atoms with Crippen LogP contribution in [0.1, 0.15) is 180 Å². The number of fused-ring (bicyclic) bond motifs is 13. The molecule has 0 bridgehead atoms. The number of aromatic nitrogens is 1. The average molecular weight is 1280 g/mol. The van der Waals surface area contributed by atoms with E-state index in [1.807, 2.05) is 0 Å². The maximum atomic E-state index is 8.10. The number of rotatable bonds is 7. The van der Waals surface area contributed by atoms with Crippen molar-refractivity contribution in [1.82, 2.24) is 4.57 Å². The Bertz CT molecular complexity index is 5230. The summed E-state index contributed by atoms with van der Waals surface area (Å²) in [5.41, 5.74) is 32.0. The molecule has 1 aromatic heterocycles. The van der Waals surface area contributed by atoms with Gasteiger partial charge in [0.15, 0.2) is 0 Å². The minimum Gasteiger partial charge on any atom is -0.456 e. The van der Waals surface area contributed by atoms with E-state index in [4.69, 9.17) is 9.47 Å². The molecule has 0 atom stereocenters. The quantitative estimate of drug-likeness (QED) is 0.149. The molecule has 0 N–H and O–H groups in total. The van der Waals surface area contributed by atoms with Crippen molar-refractivity contribution in [2.24, 2.45) is 0 Å². The summed E-state index contributed by atoms with van der Waals surface area (Å²) in [6, 6.07) is 81.0. The third-order valence-corrected chi connectivity index (χ3v) is 23.5. The molecule has 6 aliphatic rings. The molecule has 0 amide bonds. The van der Waals surface area contributed by atoms with Crippen LogP contribution in [0.4, 0.5) is 17.1 Å². The normalized spacial score (nSPS) is 15.7. The van der Waals surface area contributed by atoms with Crippen molar-refractivity contribution in [1.29, 1.82) is 0 Å². The van der Waals surface area contributed by atoms with Crippen molar-refractivity contribution in [3.05, 3.63) is 240 Å². The molecule has 0 saturated heterocycles. The maximum absolute atomic E-state index is 8.10. The van der Waals surface area contributed by atoms with Gasteiger partial charge in [-0.25, -0.2) is 0 Å². The molecule has 2 saturated carbocycles. The molecule has 484 valence electrons. The first-order chi connectivity index (χ1) is 47.1.